The van der Waals surface area contributed by atoms with Gasteiger partial charge in [-0.05, 0) is 13.3 Å². The second-order valence-electron chi connectivity index (χ2n) is 6.21. The van der Waals surface area contributed by atoms with E-state index in [4.69, 9.17) is 4.98 Å². The number of aliphatic hydroxyl groups excluding tert-OH is 1. The van der Waals surface area contributed by atoms with E-state index in [1.807, 2.05) is 6.92 Å². The van der Waals surface area contributed by atoms with Gasteiger partial charge in [0.2, 0.25) is 0 Å². The minimum atomic E-state index is -0.240. The number of thiazole rings is 1. The molecule has 21 heavy (non-hydrogen) atoms. The number of fused-ring (bicyclic) bond motifs is 1. The number of aliphatic hydroxyl groups is 1. The molecule has 0 radical (unpaired) electrons. The molecule has 1 aliphatic rings. The molecule has 0 spiro atoms. The van der Waals surface area contributed by atoms with Crippen LogP contribution in [0.2, 0.25) is 0 Å². The van der Waals surface area contributed by atoms with Crippen LogP contribution in [0.3, 0.4) is 0 Å². The summed E-state index contributed by atoms with van der Waals surface area (Å²) in [5.74, 6) is 1.44. The third kappa shape index (κ3) is 2.93. The molecule has 2 unspecified atom stereocenters. The monoisotopic (exact) mass is 308 g/mol. The Labute approximate surface area is 129 Å². The molecular weight excluding hydrogens is 284 g/mol. The highest BCUT2D eigenvalue weighted by molar-refractivity contribution is 7.15. The van der Waals surface area contributed by atoms with Crippen molar-refractivity contribution in [2.75, 3.05) is 18.0 Å². The van der Waals surface area contributed by atoms with Gasteiger partial charge in [-0.3, -0.25) is 4.40 Å². The number of imidazole rings is 1. The Morgan fingerprint density at radius 3 is 2.95 bits per heavy atom. The van der Waals surface area contributed by atoms with Crippen molar-refractivity contribution >= 4 is 22.1 Å². The molecule has 1 fully saturated rings. The van der Waals surface area contributed by atoms with Gasteiger partial charge in [-0.1, -0.05) is 13.8 Å². The standard InChI is InChI=1S/C15H24N4OS/c1-10(2)16-8-13-14(17-15-19(13)6-7-21-15)18-5-4-12(9-18)11(3)20/h6-7,10-12,16,20H,4-5,8-9H2,1-3H3. The molecule has 1 saturated heterocycles. The molecular formula is C15H24N4OS. The zero-order valence-corrected chi connectivity index (χ0v) is 13.7. The Morgan fingerprint density at radius 2 is 2.29 bits per heavy atom. The van der Waals surface area contributed by atoms with Gasteiger partial charge in [-0.25, -0.2) is 4.98 Å². The summed E-state index contributed by atoms with van der Waals surface area (Å²) in [6.45, 7) is 8.91. The van der Waals surface area contributed by atoms with Crippen molar-refractivity contribution in [2.45, 2.75) is 45.9 Å². The summed E-state index contributed by atoms with van der Waals surface area (Å²) in [4.78, 5) is 8.19. The van der Waals surface area contributed by atoms with E-state index in [0.717, 1.165) is 36.8 Å². The Kier molecular flexibility index (Phi) is 4.19. The average molecular weight is 308 g/mol. The number of nitrogens with one attached hydrogen (secondary N) is 1. The van der Waals surface area contributed by atoms with Crippen molar-refractivity contribution in [3.05, 3.63) is 17.3 Å². The molecule has 5 nitrogen and oxygen atoms in total. The van der Waals surface area contributed by atoms with Crippen LogP contribution in [0.15, 0.2) is 11.6 Å². The van der Waals surface area contributed by atoms with Gasteiger partial charge in [-0.15, -0.1) is 11.3 Å². The average Bonchev–Trinajstić information content (AvgIpc) is 3.11. The lowest BCUT2D eigenvalue weighted by atomic mass is 10.0. The number of hydrogen-bond donors (Lipinski definition) is 2. The molecule has 2 N–H and O–H groups in total. The highest BCUT2D eigenvalue weighted by Gasteiger charge is 2.29. The van der Waals surface area contributed by atoms with Gasteiger partial charge in [0.1, 0.15) is 0 Å². The van der Waals surface area contributed by atoms with Gasteiger partial charge in [0.25, 0.3) is 0 Å². The van der Waals surface area contributed by atoms with Crippen molar-refractivity contribution in [1.29, 1.82) is 0 Å². The molecule has 116 valence electrons. The fourth-order valence-corrected chi connectivity index (χ4v) is 3.64. The second-order valence-corrected chi connectivity index (χ2v) is 7.08. The van der Waals surface area contributed by atoms with Crippen molar-refractivity contribution in [3.8, 4) is 0 Å². The van der Waals surface area contributed by atoms with Crippen LogP contribution in [0.4, 0.5) is 5.82 Å². The first-order valence-corrected chi connectivity index (χ1v) is 8.55. The van der Waals surface area contributed by atoms with Gasteiger partial charge in [0.15, 0.2) is 10.8 Å². The third-order valence-corrected chi connectivity index (χ3v) is 4.98. The second kappa shape index (κ2) is 5.94. The molecule has 0 bridgehead atoms. The number of rotatable bonds is 5. The van der Waals surface area contributed by atoms with E-state index in [-0.39, 0.29) is 6.10 Å². The first kappa shape index (κ1) is 14.8. The lowest BCUT2D eigenvalue weighted by Gasteiger charge is -2.19. The summed E-state index contributed by atoms with van der Waals surface area (Å²) in [7, 11) is 0. The van der Waals surface area contributed by atoms with Crippen molar-refractivity contribution in [3.63, 3.8) is 0 Å². The number of hydrogen-bond acceptors (Lipinski definition) is 5. The van der Waals surface area contributed by atoms with Crippen LogP contribution in [0.1, 0.15) is 32.9 Å². The largest absolute Gasteiger partial charge is 0.393 e. The predicted molar refractivity (Wildman–Crippen MR) is 87.0 cm³/mol. The van der Waals surface area contributed by atoms with E-state index in [1.165, 1.54) is 5.69 Å². The highest BCUT2D eigenvalue weighted by Crippen LogP contribution is 2.30. The molecule has 2 atom stereocenters. The Hall–Kier alpha value is -1.11. The molecule has 1 aliphatic heterocycles. The van der Waals surface area contributed by atoms with E-state index >= 15 is 0 Å². The van der Waals surface area contributed by atoms with Crippen LogP contribution in [0.25, 0.3) is 4.96 Å². The Balaban J connectivity index is 1.87. The molecule has 2 aromatic heterocycles. The van der Waals surface area contributed by atoms with Crippen LogP contribution >= 0.6 is 11.3 Å². The summed E-state index contributed by atoms with van der Waals surface area (Å²) in [6.07, 6.45) is 2.90. The lowest BCUT2D eigenvalue weighted by molar-refractivity contribution is 0.136. The molecule has 2 aromatic rings. The van der Waals surface area contributed by atoms with Gasteiger partial charge in [-0.2, -0.15) is 0 Å². The predicted octanol–water partition coefficient (Wildman–Crippen LogP) is 2.10. The minimum Gasteiger partial charge on any atom is -0.393 e. The van der Waals surface area contributed by atoms with E-state index in [0.29, 0.717) is 12.0 Å². The molecule has 0 aliphatic carbocycles. The van der Waals surface area contributed by atoms with E-state index in [1.54, 1.807) is 11.3 Å². The fourth-order valence-electron chi connectivity index (χ4n) is 2.91. The number of aromatic nitrogens is 2. The maximum Gasteiger partial charge on any atom is 0.195 e. The van der Waals surface area contributed by atoms with Crippen LogP contribution in [0, 0.1) is 5.92 Å². The van der Waals surface area contributed by atoms with Crippen LogP contribution in [-0.4, -0.2) is 39.7 Å². The summed E-state index contributed by atoms with van der Waals surface area (Å²) in [6, 6.07) is 0.450. The van der Waals surface area contributed by atoms with Crippen molar-refractivity contribution in [1.82, 2.24) is 14.7 Å². The topological polar surface area (TPSA) is 52.8 Å². The number of anilines is 1. The lowest BCUT2D eigenvalue weighted by Crippen LogP contribution is -2.27. The first-order valence-electron chi connectivity index (χ1n) is 7.67. The summed E-state index contributed by atoms with van der Waals surface area (Å²) >= 11 is 1.67. The summed E-state index contributed by atoms with van der Waals surface area (Å²) < 4.78 is 2.19. The highest BCUT2D eigenvalue weighted by atomic mass is 32.1. The SMILES string of the molecule is CC(C)NCc1c(N2CCC(C(C)O)C2)nc2sccn12. The van der Waals surface area contributed by atoms with E-state index in [9.17, 15) is 5.11 Å². The summed E-state index contributed by atoms with van der Waals surface area (Å²) in [5.41, 5.74) is 1.23. The zero-order chi connectivity index (χ0) is 15.0. The molecule has 0 saturated carbocycles. The van der Waals surface area contributed by atoms with E-state index < -0.39 is 0 Å². The minimum absolute atomic E-state index is 0.240. The van der Waals surface area contributed by atoms with Crippen molar-refractivity contribution < 1.29 is 5.11 Å². The molecule has 3 rings (SSSR count). The van der Waals surface area contributed by atoms with Gasteiger partial charge >= 0.3 is 0 Å². The maximum absolute atomic E-state index is 9.80. The maximum atomic E-state index is 9.80. The Bertz CT molecular complexity index is 604. The van der Waals surface area contributed by atoms with Gasteiger partial charge in [0.05, 0.1) is 11.8 Å². The fraction of sp³-hybridized carbons (Fsp3) is 0.667. The molecule has 0 amide bonds. The van der Waals surface area contributed by atoms with Crippen molar-refractivity contribution in [2.24, 2.45) is 5.92 Å². The molecule has 6 heteroatoms. The zero-order valence-electron chi connectivity index (χ0n) is 12.9. The Morgan fingerprint density at radius 1 is 1.48 bits per heavy atom. The van der Waals surface area contributed by atoms with E-state index in [2.05, 4.69) is 40.0 Å². The quantitative estimate of drug-likeness (QED) is 0.888. The normalized spacial score (nSPS) is 20.8. The van der Waals surface area contributed by atoms with Gasteiger partial charge < -0.3 is 15.3 Å². The third-order valence-electron chi connectivity index (χ3n) is 4.22. The molecule has 3 heterocycles. The summed E-state index contributed by atoms with van der Waals surface area (Å²) in [5, 5.41) is 15.4. The van der Waals surface area contributed by atoms with Crippen LogP contribution < -0.4 is 10.2 Å². The molecule has 0 aromatic carbocycles. The van der Waals surface area contributed by atoms with Crippen LogP contribution in [-0.2, 0) is 6.54 Å². The first-order chi connectivity index (χ1) is 10.1. The van der Waals surface area contributed by atoms with Crippen LogP contribution in [0.5, 0.6) is 0 Å². The number of nitrogens with zero attached hydrogens (tertiary/aromatic N) is 3. The van der Waals surface area contributed by atoms with Gasteiger partial charge in [0, 0.05) is 43.2 Å². The smallest absolute Gasteiger partial charge is 0.195 e.